The van der Waals surface area contributed by atoms with E-state index in [9.17, 15) is 9.90 Å². The SMILES string of the molecule is CCc1oc2ccccc2c1C(=O)c1ccc(Br)c(O)c1Br. The summed E-state index contributed by atoms with van der Waals surface area (Å²) in [6, 6.07) is 10.8. The van der Waals surface area contributed by atoms with Crippen molar-refractivity contribution in [3.05, 3.63) is 62.2 Å². The Morgan fingerprint density at radius 1 is 1.18 bits per heavy atom. The third-order valence-electron chi connectivity index (χ3n) is 3.53. The molecule has 3 aromatic rings. The van der Waals surface area contributed by atoms with Crippen molar-refractivity contribution in [3.8, 4) is 5.75 Å². The van der Waals surface area contributed by atoms with E-state index in [2.05, 4.69) is 31.9 Å². The highest BCUT2D eigenvalue weighted by atomic mass is 79.9. The van der Waals surface area contributed by atoms with Gasteiger partial charge in [-0.25, -0.2) is 0 Å². The van der Waals surface area contributed by atoms with Crippen molar-refractivity contribution in [1.29, 1.82) is 0 Å². The minimum Gasteiger partial charge on any atom is -0.506 e. The molecule has 22 heavy (non-hydrogen) atoms. The highest BCUT2D eigenvalue weighted by molar-refractivity contribution is 9.11. The Kier molecular flexibility index (Phi) is 4.10. The number of carbonyl (C=O) groups excluding carboxylic acids is 1. The van der Waals surface area contributed by atoms with Crippen molar-refractivity contribution in [3.63, 3.8) is 0 Å². The third kappa shape index (κ3) is 2.38. The Labute approximate surface area is 144 Å². The van der Waals surface area contributed by atoms with Crippen LogP contribution in [0.5, 0.6) is 5.75 Å². The lowest BCUT2D eigenvalue weighted by atomic mass is 9.99. The molecule has 1 aromatic heterocycles. The molecular formula is C17H12Br2O3. The standard InChI is InChI=1S/C17H12Br2O3/c1-2-12-14(9-5-3-4-6-13(9)22-12)16(20)10-7-8-11(18)17(21)15(10)19/h3-8,21H,2H2,1H3. The average Bonchev–Trinajstić information content (AvgIpc) is 2.90. The van der Waals surface area contributed by atoms with Gasteiger partial charge in [-0.05, 0) is 50.1 Å². The van der Waals surface area contributed by atoms with Gasteiger partial charge in [0.1, 0.15) is 17.1 Å². The second kappa shape index (κ2) is 5.89. The summed E-state index contributed by atoms with van der Waals surface area (Å²) < 4.78 is 6.68. The summed E-state index contributed by atoms with van der Waals surface area (Å²) in [4.78, 5) is 13.0. The van der Waals surface area contributed by atoms with Crippen LogP contribution in [-0.4, -0.2) is 10.9 Å². The highest BCUT2D eigenvalue weighted by Crippen LogP contribution is 2.37. The lowest BCUT2D eigenvalue weighted by Gasteiger charge is -2.07. The number of aromatic hydroxyl groups is 1. The minimum absolute atomic E-state index is 0.0108. The Bertz CT molecular complexity index is 881. The Hall–Kier alpha value is -1.59. The van der Waals surface area contributed by atoms with E-state index in [0.717, 1.165) is 5.39 Å². The maximum atomic E-state index is 13.0. The zero-order chi connectivity index (χ0) is 15.9. The van der Waals surface area contributed by atoms with Crippen molar-refractivity contribution in [2.24, 2.45) is 0 Å². The number of furan rings is 1. The summed E-state index contributed by atoms with van der Waals surface area (Å²) in [6.45, 7) is 1.95. The predicted octanol–water partition coefficient (Wildman–Crippen LogP) is 5.46. The van der Waals surface area contributed by atoms with Crippen molar-refractivity contribution < 1.29 is 14.3 Å². The molecule has 0 amide bonds. The van der Waals surface area contributed by atoms with Gasteiger partial charge in [0.2, 0.25) is 0 Å². The molecule has 0 atom stereocenters. The van der Waals surface area contributed by atoms with E-state index in [1.165, 1.54) is 0 Å². The lowest BCUT2D eigenvalue weighted by Crippen LogP contribution is -2.04. The summed E-state index contributed by atoms with van der Waals surface area (Å²) in [5.74, 6) is 0.494. The zero-order valence-corrected chi connectivity index (χ0v) is 14.9. The Morgan fingerprint density at radius 3 is 2.64 bits per heavy atom. The third-order valence-corrected chi connectivity index (χ3v) is 4.97. The smallest absolute Gasteiger partial charge is 0.198 e. The van der Waals surface area contributed by atoms with Crippen LogP contribution in [0.25, 0.3) is 11.0 Å². The summed E-state index contributed by atoms with van der Waals surface area (Å²) in [5, 5.41) is 10.8. The van der Waals surface area contributed by atoms with Crippen molar-refractivity contribution in [1.82, 2.24) is 0 Å². The van der Waals surface area contributed by atoms with E-state index in [-0.39, 0.29) is 11.5 Å². The van der Waals surface area contributed by atoms with Gasteiger partial charge in [0, 0.05) is 17.4 Å². The fourth-order valence-electron chi connectivity index (χ4n) is 2.45. The number of benzene rings is 2. The first-order valence-corrected chi connectivity index (χ1v) is 8.35. The van der Waals surface area contributed by atoms with Crippen LogP contribution >= 0.6 is 31.9 Å². The predicted molar refractivity (Wildman–Crippen MR) is 92.5 cm³/mol. The molecule has 3 rings (SSSR count). The molecule has 0 aliphatic carbocycles. The number of phenolic OH excluding ortho intramolecular Hbond substituents is 1. The second-order valence-electron chi connectivity index (χ2n) is 4.84. The normalized spacial score (nSPS) is 11.0. The van der Waals surface area contributed by atoms with E-state index >= 15 is 0 Å². The molecule has 0 aliphatic heterocycles. The number of para-hydroxylation sites is 1. The molecule has 3 nitrogen and oxygen atoms in total. The van der Waals surface area contributed by atoms with Gasteiger partial charge in [0.15, 0.2) is 5.78 Å². The fraction of sp³-hybridized carbons (Fsp3) is 0.118. The molecule has 0 radical (unpaired) electrons. The number of halogens is 2. The van der Waals surface area contributed by atoms with Gasteiger partial charge in [-0.2, -0.15) is 0 Å². The van der Waals surface area contributed by atoms with Crippen molar-refractivity contribution in [2.75, 3.05) is 0 Å². The van der Waals surface area contributed by atoms with Crippen molar-refractivity contribution >= 4 is 48.6 Å². The summed E-state index contributed by atoms with van der Waals surface area (Å²) in [7, 11) is 0. The molecule has 0 unspecified atom stereocenters. The number of phenols is 1. The van der Waals surface area contributed by atoms with Gasteiger partial charge in [0.25, 0.3) is 0 Å². The number of ketones is 1. The number of rotatable bonds is 3. The number of fused-ring (bicyclic) bond motifs is 1. The van der Waals surface area contributed by atoms with Crippen LogP contribution in [0.2, 0.25) is 0 Å². The first kappa shape index (κ1) is 15.3. The first-order valence-electron chi connectivity index (χ1n) is 6.76. The summed E-state index contributed by atoms with van der Waals surface area (Å²) in [5.41, 5.74) is 1.66. The van der Waals surface area contributed by atoms with Gasteiger partial charge in [-0.1, -0.05) is 25.1 Å². The number of hydrogen-bond donors (Lipinski definition) is 1. The van der Waals surface area contributed by atoms with Crippen LogP contribution in [-0.2, 0) is 6.42 Å². The Balaban J connectivity index is 2.23. The van der Waals surface area contributed by atoms with E-state index in [1.807, 2.05) is 31.2 Å². The van der Waals surface area contributed by atoms with E-state index in [0.29, 0.717) is 37.8 Å². The van der Waals surface area contributed by atoms with Gasteiger partial charge >= 0.3 is 0 Å². The maximum absolute atomic E-state index is 13.0. The van der Waals surface area contributed by atoms with Crippen molar-refractivity contribution in [2.45, 2.75) is 13.3 Å². The van der Waals surface area contributed by atoms with Gasteiger partial charge in [-0.3, -0.25) is 4.79 Å². The summed E-state index contributed by atoms with van der Waals surface area (Å²) >= 11 is 6.53. The minimum atomic E-state index is -0.170. The monoisotopic (exact) mass is 422 g/mol. The van der Waals surface area contributed by atoms with Gasteiger partial charge < -0.3 is 9.52 Å². The van der Waals surface area contributed by atoms with E-state index < -0.39 is 0 Å². The van der Waals surface area contributed by atoms with Crippen LogP contribution in [0.4, 0.5) is 0 Å². The van der Waals surface area contributed by atoms with Crippen LogP contribution in [0.3, 0.4) is 0 Å². The average molecular weight is 424 g/mol. The molecule has 0 aliphatic rings. The molecule has 0 saturated heterocycles. The maximum Gasteiger partial charge on any atom is 0.198 e. The molecule has 5 heteroatoms. The van der Waals surface area contributed by atoms with Crippen LogP contribution in [0.1, 0.15) is 28.6 Å². The topological polar surface area (TPSA) is 50.4 Å². The van der Waals surface area contributed by atoms with E-state index in [4.69, 9.17) is 4.42 Å². The highest BCUT2D eigenvalue weighted by Gasteiger charge is 2.24. The fourth-order valence-corrected chi connectivity index (χ4v) is 3.57. The molecule has 0 spiro atoms. The molecule has 0 bridgehead atoms. The number of hydrogen-bond acceptors (Lipinski definition) is 3. The van der Waals surface area contributed by atoms with Gasteiger partial charge in [-0.15, -0.1) is 0 Å². The molecule has 0 saturated carbocycles. The van der Waals surface area contributed by atoms with Gasteiger partial charge in [0.05, 0.1) is 14.5 Å². The molecule has 2 aromatic carbocycles. The zero-order valence-electron chi connectivity index (χ0n) is 11.7. The second-order valence-corrected chi connectivity index (χ2v) is 6.48. The summed E-state index contributed by atoms with van der Waals surface area (Å²) in [6.07, 6.45) is 0.621. The Morgan fingerprint density at radius 2 is 1.91 bits per heavy atom. The molecular weight excluding hydrogens is 412 g/mol. The largest absolute Gasteiger partial charge is 0.506 e. The lowest BCUT2D eigenvalue weighted by molar-refractivity contribution is 0.103. The number of aryl methyl sites for hydroxylation is 1. The number of carbonyl (C=O) groups is 1. The molecule has 0 fully saturated rings. The first-order chi connectivity index (χ1) is 10.5. The van der Waals surface area contributed by atoms with Crippen LogP contribution < -0.4 is 0 Å². The van der Waals surface area contributed by atoms with Crippen LogP contribution in [0, 0.1) is 0 Å². The molecule has 1 N–H and O–H groups in total. The van der Waals surface area contributed by atoms with E-state index in [1.54, 1.807) is 12.1 Å². The quantitative estimate of drug-likeness (QED) is 0.569. The van der Waals surface area contributed by atoms with Crippen LogP contribution in [0.15, 0.2) is 49.8 Å². The molecule has 1 heterocycles. The molecule has 112 valence electrons.